The molecule has 2 aromatic carbocycles. The molecule has 7 nitrogen and oxygen atoms in total. The van der Waals surface area contributed by atoms with E-state index in [4.69, 9.17) is 14.4 Å². The zero-order valence-electron chi connectivity index (χ0n) is 17.2. The van der Waals surface area contributed by atoms with Crippen molar-refractivity contribution in [3.8, 4) is 0 Å². The second-order valence-electron chi connectivity index (χ2n) is 6.35. The lowest BCUT2D eigenvalue weighted by molar-refractivity contribution is -0.132. The number of benzene rings is 2. The Kier molecular flexibility index (Phi) is 7.65. The van der Waals surface area contributed by atoms with E-state index in [0.717, 1.165) is 11.1 Å². The highest BCUT2D eigenvalue weighted by Gasteiger charge is 2.21. The number of carbonyl (C=O) groups excluding carboxylic acids is 2. The van der Waals surface area contributed by atoms with Crippen molar-refractivity contribution in [2.75, 3.05) is 14.2 Å². The Labute approximate surface area is 170 Å². The van der Waals surface area contributed by atoms with E-state index in [0.29, 0.717) is 16.7 Å². The van der Waals surface area contributed by atoms with Crippen molar-refractivity contribution in [1.82, 2.24) is 0 Å². The molecule has 2 rings (SSSR count). The quantitative estimate of drug-likeness (QED) is 0.388. The van der Waals surface area contributed by atoms with Gasteiger partial charge >= 0.3 is 5.97 Å². The second kappa shape index (κ2) is 10.2. The number of oxime groups is 2. The second-order valence-corrected chi connectivity index (χ2v) is 6.35. The number of ether oxygens (including phenoxy) is 1. The van der Waals surface area contributed by atoms with Gasteiger partial charge in [0.2, 0.25) is 0 Å². The van der Waals surface area contributed by atoms with Crippen LogP contribution >= 0.6 is 0 Å². The van der Waals surface area contributed by atoms with Gasteiger partial charge < -0.3 is 14.4 Å². The normalized spacial score (nSPS) is 11.8. The maximum Gasteiger partial charge on any atom is 0.360 e. The van der Waals surface area contributed by atoms with E-state index in [9.17, 15) is 9.59 Å². The van der Waals surface area contributed by atoms with Gasteiger partial charge in [-0.25, -0.2) is 4.79 Å². The van der Waals surface area contributed by atoms with Gasteiger partial charge in [0.15, 0.2) is 17.2 Å². The van der Waals surface area contributed by atoms with Crippen LogP contribution in [0.25, 0.3) is 0 Å². The fourth-order valence-corrected chi connectivity index (χ4v) is 2.77. The molecule has 0 amide bonds. The van der Waals surface area contributed by atoms with Crippen molar-refractivity contribution in [3.63, 3.8) is 0 Å². The van der Waals surface area contributed by atoms with Gasteiger partial charge in [0.25, 0.3) is 0 Å². The number of methoxy groups -OCH3 is 1. The third kappa shape index (κ3) is 5.51. The minimum Gasteiger partial charge on any atom is -0.464 e. The lowest BCUT2D eigenvalue weighted by atomic mass is 9.99. The Bertz CT molecular complexity index is 963. The van der Waals surface area contributed by atoms with Crippen molar-refractivity contribution >= 4 is 23.2 Å². The predicted molar refractivity (Wildman–Crippen MR) is 110 cm³/mol. The molecule has 7 heteroatoms. The minimum absolute atomic E-state index is 0.0201. The molecule has 0 radical (unpaired) electrons. The van der Waals surface area contributed by atoms with Crippen molar-refractivity contribution in [2.24, 2.45) is 10.3 Å². The van der Waals surface area contributed by atoms with E-state index in [-0.39, 0.29) is 23.8 Å². The summed E-state index contributed by atoms with van der Waals surface area (Å²) in [5.41, 5.74) is 3.99. The fraction of sp³-hybridized carbons (Fsp3) is 0.273. The first-order valence-electron chi connectivity index (χ1n) is 8.95. The number of carbonyl (C=O) groups is 2. The van der Waals surface area contributed by atoms with Gasteiger partial charge in [-0.15, -0.1) is 0 Å². The van der Waals surface area contributed by atoms with Crippen molar-refractivity contribution in [3.05, 3.63) is 70.3 Å². The first-order chi connectivity index (χ1) is 13.9. The summed E-state index contributed by atoms with van der Waals surface area (Å²) in [6.07, 6.45) is 0. The molecule has 0 saturated heterocycles. The molecule has 0 spiro atoms. The van der Waals surface area contributed by atoms with Gasteiger partial charge in [-0.1, -0.05) is 52.3 Å². The number of nitrogens with zero attached hydrogens (tertiary/aromatic N) is 2. The van der Waals surface area contributed by atoms with Crippen LogP contribution in [0, 0.1) is 13.8 Å². The first-order valence-corrected chi connectivity index (χ1v) is 8.95. The van der Waals surface area contributed by atoms with E-state index >= 15 is 0 Å². The topological polar surface area (TPSA) is 86.6 Å². The first kappa shape index (κ1) is 21.8. The number of Topliss-reactive ketones (excluding diaryl/α,β-unsaturated/α-hetero) is 1. The molecule has 0 N–H and O–H groups in total. The SMILES string of the molecule is CO/N=C(/C(=O)OC)c1cccc(C)c1CO/N=C(\C(C)=O)c1cccc(C)c1. The van der Waals surface area contributed by atoms with Crippen molar-refractivity contribution in [1.29, 1.82) is 0 Å². The number of ketones is 1. The summed E-state index contributed by atoms with van der Waals surface area (Å²) >= 11 is 0. The molecule has 0 aliphatic rings. The average Bonchev–Trinajstić information content (AvgIpc) is 2.69. The van der Waals surface area contributed by atoms with Crippen LogP contribution in [0.5, 0.6) is 0 Å². The summed E-state index contributed by atoms with van der Waals surface area (Å²) in [5, 5.41) is 7.85. The van der Waals surface area contributed by atoms with E-state index in [1.807, 2.05) is 38.1 Å². The Morgan fingerprint density at radius 2 is 1.69 bits per heavy atom. The molecule has 0 bridgehead atoms. The van der Waals surface area contributed by atoms with E-state index in [1.54, 1.807) is 18.2 Å². The molecule has 0 aliphatic carbocycles. The lowest BCUT2D eigenvalue weighted by Crippen LogP contribution is -2.20. The highest BCUT2D eigenvalue weighted by molar-refractivity contribution is 6.45. The highest BCUT2D eigenvalue weighted by Crippen LogP contribution is 2.18. The number of aryl methyl sites for hydroxylation is 2. The maximum absolute atomic E-state index is 12.1. The van der Waals surface area contributed by atoms with Gasteiger partial charge in [0, 0.05) is 23.6 Å². The average molecular weight is 396 g/mol. The summed E-state index contributed by atoms with van der Waals surface area (Å²) in [5.74, 6) is -0.844. The van der Waals surface area contributed by atoms with Gasteiger partial charge in [0.1, 0.15) is 13.7 Å². The van der Waals surface area contributed by atoms with Gasteiger partial charge in [-0.3, -0.25) is 4.79 Å². The van der Waals surface area contributed by atoms with E-state index in [1.165, 1.54) is 21.1 Å². The number of rotatable bonds is 8. The molecule has 152 valence electrons. The summed E-state index contributed by atoms with van der Waals surface area (Å²) in [6.45, 7) is 5.28. The van der Waals surface area contributed by atoms with E-state index < -0.39 is 5.97 Å². The molecule has 0 heterocycles. The van der Waals surface area contributed by atoms with Gasteiger partial charge in [0.05, 0.1) is 7.11 Å². The molecule has 0 fully saturated rings. The lowest BCUT2D eigenvalue weighted by Gasteiger charge is -2.12. The molecule has 29 heavy (non-hydrogen) atoms. The smallest absolute Gasteiger partial charge is 0.360 e. The standard InChI is InChI=1S/C22H24N2O5/c1-14-8-6-10-17(12-14)20(16(3)25)24-29-13-19-15(2)9-7-11-18(19)21(23-28-5)22(26)27-4/h6-12H,13H2,1-5H3/b23-21+,24-20+. The van der Waals surface area contributed by atoms with Gasteiger partial charge in [-0.2, -0.15) is 0 Å². The van der Waals surface area contributed by atoms with E-state index in [2.05, 4.69) is 10.3 Å². The maximum atomic E-state index is 12.1. The molecule has 2 aromatic rings. The number of esters is 1. The largest absolute Gasteiger partial charge is 0.464 e. The van der Waals surface area contributed by atoms with Crippen LogP contribution in [0.15, 0.2) is 52.8 Å². The zero-order valence-corrected chi connectivity index (χ0v) is 17.2. The third-order valence-electron chi connectivity index (χ3n) is 4.22. The van der Waals surface area contributed by atoms with Crippen LogP contribution in [-0.4, -0.2) is 37.4 Å². The molecule has 0 saturated carbocycles. The molecule has 0 atom stereocenters. The predicted octanol–water partition coefficient (Wildman–Crippen LogP) is 3.34. The van der Waals surface area contributed by atoms with Crippen LogP contribution in [0.1, 0.15) is 34.7 Å². The monoisotopic (exact) mass is 396 g/mol. The third-order valence-corrected chi connectivity index (χ3v) is 4.22. The van der Waals surface area contributed by atoms with Crippen molar-refractivity contribution in [2.45, 2.75) is 27.4 Å². The number of hydrogen-bond acceptors (Lipinski definition) is 7. The summed E-state index contributed by atoms with van der Waals surface area (Å²) in [6, 6.07) is 12.8. The van der Waals surface area contributed by atoms with Crippen LogP contribution in [0.2, 0.25) is 0 Å². The van der Waals surface area contributed by atoms with Crippen molar-refractivity contribution < 1.29 is 24.0 Å². The summed E-state index contributed by atoms with van der Waals surface area (Å²) < 4.78 is 4.79. The fourth-order valence-electron chi connectivity index (χ4n) is 2.77. The van der Waals surface area contributed by atoms with Crippen LogP contribution < -0.4 is 0 Å². The Morgan fingerprint density at radius 3 is 2.31 bits per heavy atom. The van der Waals surface area contributed by atoms with Crippen LogP contribution in [0.4, 0.5) is 0 Å². The summed E-state index contributed by atoms with van der Waals surface area (Å²) in [4.78, 5) is 34.5. The van der Waals surface area contributed by atoms with Gasteiger partial charge in [-0.05, 0) is 25.5 Å². The summed E-state index contributed by atoms with van der Waals surface area (Å²) in [7, 11) is 2.62. The molecular formula is C22H24N2O5. The zero-order chi connectivity index (χ0) is 21.4. The molecule has 0 aromatic heterocycles. The minimum atomic E-state index is -0.633. The highest BCUT2D eigenvalue weighted by atomic mass is 16.6. The van der Waals surface area contributed by atoms with Crippen LogP contribution in [-0.2, 0) is 30.6 Å². The number of hydrogen-bond donors (Lipinski definition) is 0. The Morgan fingerprint density at radius 1 is 0.966 bits per heavy atom. The molecule has 0 aliphatic heterocycles. The Balaban J connectivity index is 2.37. The molecule has 0 unspecified atom stereocenters. The molecular weight excluding hydrogens is 372 g/mol. The van der Waals surface area contributed by atoms with Crippen LogP contribution in [0.3, 0.4) is 0 Å². The Hall–Kier alpha value is -3.48.